The summed E-state index contributed by atoms with van der Waals surface area (Å²) < 4.78 is 19.6. The maximum absolute atomic E-state index is 13.8. The minimum Gasteiger partial charge on any atom is -0.460 e. The van der Waals surface area contributed by atoms with Gasteiger partial charge in [0.1, 0.15) is 17.3 Å². The van der Waals surface area contributed by atoms with Crippen LogP contribution in [0.2, 0.25) is 0 Å². The average molecular weight is 338 g/mol. The summed E-state index contributed by atoms with van der Waals surface area (Å²) in [5.74, 6) is 1.24. The van der Waals surface area contributed by atoms with Crippen LogP contribution in [0.3, 0.4) is 0 Å². The number of hydrogen-bond acceptors (Lipinski definition) is 2. The van der Waals surface area contributed by atoms with Gasteiger partial charge in [0, 0.05) is 6.04 Å². The minimum atomic E-state index is -0.239. The Morgan fingerprint density at radius 3 is 2.39 bits per heavy atom. The fraction of sp³-hybridized carbons (Fsp3) is 0.474. The van der Waals surface area contributed by atoms with Gasteiger partial charge in [-0.1, -0.05) is 44.2 Å². The second-order valence-corrected chi connectivity index (χ2v) is 6.17. The van der Waals surface area contributed by atoms with Gasteiger partial charge in [-0.15, -0.1) is 12.4 Å². The lowest BCUT2D eigenvalue weighted by atomic mass is 9.97. The molecule has 1 saturated carbocycles. The molecular formula is C19H25ClFNO. The van der Waals surface area contributed by atoms with Crippen molar-refractivity contribution in [2.24, 2.45) is 0 Å². The van der Waals surface area contributed by atoms with E-state index in [0.717, 1.165) is 12.3 Å². The number of benzene rings is 1. The lowest BCUT2D eigenvalue weighted by Crippen LogP contribution is -2.29. The maximum Gasteiger partial charge on any atom is 0.137 e. The second-order valence-electron chi connectivity index (χ2n) is 6.17. The third-order valence-corrected chi connectivity index (χ3v) is 4.47. The lowest BCUT2D eigenvalue weighted by molar-refractivity contribution is 0.372. The van der Waals surface area contributed by atoms with Gasteiger partial charge in [0.05, 0.1) is 12.1 Å². The van der Waals surface area contributed by atoms with Gasteiger partial charge in [0.2, 0.25) is 0 Å². The molecule has 0 unspecified atom stereocenters. The first-order valence-electron chi connectivity index (χ1n) is 8.40. The summed E-state index contributed by atoms with van der Waals surface area (Å²) in [6.45, 7) is 0.721. The summed E-state index contributed by atoms with van der Waals surface area (Å²) in [6, 6.07) is 11.1. The van der Waals surface area contributed by atoms with Crippen LogP contribution in [0.25, 0.3) is 11.3 Å². The van der Waals surface area contributed by atoms with Crippen LogP contribution in [0, 0.1) is 5.82 Å². The molecule has 3 rings (SSSR count). The van der Waals surface area contributed by atoms with Crippen molar-refractivity contribution in [3.63, 3.8) is 0 Å². The topological polar surface area (TPSA) is 25.2 Å². The summed E-state index contributed by atoms with van der Waals surface area (Å²) in [4.78, 5) is 0. The summed E-state index contributed by atoms with van der Waals surface area (Å²) in [5.41, 5.74) is 0.528. The summed E-state index contributed by atoms with van der Waals surface area (Å²) in [5, 5.41) is 3.60. The number of rotatable bonds is 4. The van der Waals surface area contributed by atoms with Crippen molar-refractivity contribution in [1.82, 2.24) is 5.32 Å². The molecule has 126 valence electrons. The Labute approximate surface area is 143 Å². The molecule has 0 aliphatic heterocycles. The van der Waals surface area contributed by atoms with Crippen LogP contribution < -0.4 is 5.32 Å². The average Bonchev–Trinajstić information content (AvgIpc) is 2.95. The van der Waals surface area contributed by atoms with E-state index in [4.69, 9.17) is 4.42 Å². The standard InChI is InChI=1S/C19H24FNO.ClH/c20-18-11-7-6-10-17(18)19-13-12-16(22-19)14-21-15-8-4-2-1-3-5-9-15;/h6-7,10-13,15,21H,1-5,8-9,14H2;1H. The van der Waals surface area contributed by atoms with E-state index in [0.29, 0.717) is 17.4 Å². The quantitative estimate of drug-likeness (QED) is 0.773. The van der Waals surface area contributed by atoms with Crippen molar-refractivity contribution in [2.75, 3.05) is 0 Å². The van der Waals surface area contributed by atoms with Gasteiger partial charge in [0.15, 0.2) is 0 Å². The highest BCUT2D eigenvalue weighted by Gasteiger charge is 2.13. The van der Waals surface area contributed by atoms with E-state index < -0.39 is 0 Å². The zero-order valence-electron chi connectivity index (χ0n) is 13.4. The third-order valence-electron chi connectivity index (χ3n) is 4.47. The highest BCUT2D eigenvalue weighted by molar-refractivity contribution is 5.85. The Kier molecular flexibility index (Phi) is 7.13. The minimum absolute atomic E-state index is 0. The van der Waals surface area contributed by atoms with Crippen molar-refractivity contribution in [1.29, 1.82) is 0 Å². The number of hydrogen-bond donors (Lipinski definition) is 1. The van der Waals surface area contributed by atoms with Crippen LogP contribution in [0.5, 0.6) is 0 Å². The molecule has 1 aliphatic carbocycles. The molecule has 4 heteroatoms. The first-order chi connectivity index (χ1) is 10.8. The summed E-state index contributed by atoms with van der Waals surface area (Å²) in [6.07, 6.45) is 9.23. The Morgan fingerprint density at radius 1 is 0.957 bits per heavy atom. The van der Waals surface area contributed by atoms with Crippen molar-refractivity contribution >= 4 is 12.4 Å². The number of halogens is 2. The van der Waals surface area contributed by atoms with Gasteiger partial charge in [-0.05, 0) is 37.1 Å². The van der Waals surface area contributed by atoms with E-state index in [1.165, 1.54) is 51.0 Å². The fourth-order valence-electron chi connectivity index (χ4n) is 3.18. The molecule has 0 radical (unpaired) electrons. The largest absolute Gasteiger partial charge is 0.460 e. The molecule has 2 aromatic rings. The van der Waals surface area contributed by atoms with Crippen LogP contribution >= 0.6 is 12.4 Å². The van der Waals surface area contributed by atoms with Gasteiger partial charge in [0.25, 0.3) is 0 Å². The molecule has 0 saturated heterocycles. The molecule has 1 heterocycles. The molecule has 0 atom stereocenters. The molecule has 0 amide bonds. The first kappa shape index (κ1) is 18.0. The van der Waals surface area contributed by atoms with Crippen LogP contribution in [-0.4, -0.2) is 6.04 Å². The summed E-state index contributed by atoms with van der Waals surface area (Å²) >= 11 is 0. The van der Waals surface area contributed by atoms with Crippen molar-refractivity contribution in [2.45, 2.75) is 57.5 Å². The number of furan rings is 1. The van der Waals surface area contributed by atoms with E-state index in [1.807, 2.05) is 18.2 Å². The van der Waals surface area contributed by atoms with Gasteiger partial charge in [-0.2, -0.15) is 0 Å². The van der Waals surface area contributed by atoms with Gasteiger partial charge in [-0.25, -0.2) is 4.39 Å². The maximum atomic E-state index is 13.8. The van der Waals surface area contributed by atoms with E-state index in [1.54, 1.807) is 12.1 Å². The van der Waals surface area contributed by atoms with Crippen molar-refractivity contribution in [3.05, 3.63) is 48.0 Å². The number of nitrogens with one attached hydrogen (secondary N) is 1. The van der Waals surface area contributed by atoms with Gasteiger partial charge < -0.3 is 9.73 Å². The predicted molar refractivity (Wildman–Crippen MR) is 94.3 cm³/mol. The monoisotopic (exact) mass is 337 g/mol. The van der Waals surface area contributed by atoms with Crippen LogP contribution in [0.4, 0.5) is 4.39 Å². The molecule has 1 N–H and O–H groups in total. The smallest absolute Gasteiger partial charge is 0.137 e. The first-order valence-corrected chi connectivity index (χ1v) is 8.40. The SMILES string of the molecule is Cl.Fc1ccccc1-c1ccc(CNC2CCCCCCC2)o1. The molecule has 0 bridgehead atoms. The highest BCUT2D eigenvalue weighted by Crippen LogP contribution is 2.25. The molecule has 23 heavy (non-hydrogen) atoms. The van der Waals surface area contributed by atoms with E-state index in [9.17, 15) is 4.39 Å². The Hall–Kier alpha value is -1.32. The molecule has 1 fully saturated rings. The van der Waals surface area contributed by atoms with Crippen LogP contribution in [0.1, 0.15) is 50.7 Å². The predicted octanol–water partition coefficient (Wildman–Crippen LogP) is 5.71. The Balaban J connectivity index is 0.00000192. The van der Waals surface area contributed by atoms with Gasteiger partial charge >= 0.3 is 0 Å². The van der Waals surface area contributed by atoms with Crippen LogP contribution in [-0.2, 0) is 6.54 Å². The van der Waals surface area contributed by atoms with Crippen molar-refractivity contribution < 1.29 is 8.81 Å². The van der Waals surface area contributed by atoms with Crippen LogP contribution in [0.15, 0.2) is 40.8 Å². The zero-order valence-corrected chi connectivity index (χ0v) is 14.2. The molecule has 1 aliphatic rings. The third kappa shape index (κ3) is 5.08. The van der Waals surface area contributed by atoms with Crippen molar-refractivity contribution in [3.8, 4) is 11.3 Å². The highest BCUT2D eigenvalue weighted by atomic mass is 35.5. The van der Waals surface area contributed by atoms with E-state index in [2.05, 4.69) is 5.32 Å². The Morgan fingerprint density at radius 2 is 1.65 bits per heavy atom. The molecular weight excluding hydrogens is 313 g/mol. The van der Waals surface area contributed by atoms with Gasteiger partial charge in [-0.3, -0.25) is 0 Å². The van der Waals surface area contributed by atoms with E-state index >= 15 is 0 Å². The molecule has 2 nitrogen and oxygen atoms in total. The fourth-order valence-corrected chi connectivity index (χ4v) is 3.18. The molecule has 1 aromatic heterocycles. The zero-order chi connectivity index (χ0) is 15.2. The second kappa shape index (κ2) is 9.09. The molecule has 0 spiro atoms. The normalized spacial score (nSPS) is 16.4. The van der Waals surface area contributed by atoms with E-state index in [-0.39, 0.29) is 18.2 Å². The Bertz CT molecular complexity index is 591. The summed E-state index contributed by atoms with van der Waals surface area (Å²) in [7, 11) is 0. The lowest BCUT2D eigenvalue weighted by Gasteiger charge is -2.20. The molecule has 1 aromatic carbocycles.